The van der Waals surface area contributed by atoms with Gasteiger partial charge >= 0.3 is 12.3 Å². The van der Waals surface area contributed by atoms with Gasteiger partial charge in [0.25, 0.3) is 0 Å². The van der Waals surface area contributed by atoms with E-state index in [1.54, 1.807) is 12.4 Å². The highest BCUT2D eigenvalue weighted by Gasteiger charge is 2.49. The summed E-state index contributed by atoms with van der Waals surface area (Å²) in [4.78, 5) is 25.4. The predicted octanol–water partition coefficient (Wildman–Crippen LogP) is 4.61. The van der Waals surface area contributed by atoms with Crippen LogP contribution in [-0.4, -0.2) is 37.8 Å². The molecule has 176 valence electrons. The Morgan fingerprint density at radius 1 is 1.32 bits per heavy atom. The van der Waals surface area contributed by atoms with Gasteiger partial charge < -0.3 is 9.30 Å². The van der Waals surface area contributed by atoms with Crippen LogP contribution in [0.4, 0.5) is 23.7 Å². The Balaban J connectivity index is 1.35. The SMILES string of the molecule is Cc1nc(C(F)(F)F)ncc1N1C[C@@]2(CCC[C@H](Cn3cnc4ccc(C#N)cc43)C2)OC1=O. The van der Waals surface area contributed by atoms with Gasteiger partial charge in [-0.15, -0.1) is 0 Å². The normalized spacial score (nSPS) is 22.9. The number of fused-ring (bicyclic) bond motifs is 1. The number of aromatic nitrogens is 4. The summed E-state index contributed by atoms with van der Waals surface area (Å²) in [6, 6.07) is 7.50. The van der Waals surface area contributed by atoms with Crippen LogP contribution in [0.3, 0.4) is 0 Å². The second kappa shape index (κ2) is 7.97. The molecule has 1 aliphatic heterocycles. The highest BCUT2D eigenvalue weighted by molar-refractivity contribution is 5.90. The van der Waals surface area contributed by atoms with Crippen LogP contribution in [0, 0.1) is 24.2 Å². The van der Waals surface area contributed by atoms with Crippen LogP contribution in [0.2, 0.25) is 0 Å². The van der Waals surface area contributed by atoms with E-state index >= 15 is 0 Å². The number of rotatable bonds is 3. The molecule has 3 aromatic rings. The number of benzene rings is 1. The number of carbonyl (C=O) groups excluding carboxylic acids is 1. The van der Waals surface area contributed by atoms with Gasteiger partial charge in [-0.25, -0.2) is 19.7 Å². The molecule has 0 N–H and O–H groups in total. The van der Waals surface area contributed by atoms with E-state index in [-0.39, 0.29) is 23.8 Å². The molecule has 1 aromatic carbocycles. The van der Waals surface area contributed by atoms with Crippen molar-refractivity contribution in [1.29, 1.82) is 5.26 Å². The van der Waals surface area contributed by atoms with Gasteiger partial charge in [-0.3, -0.25) is 4.90 Å². The number of hydrogen-bond acceptors (Lipinski definition) is 6. The molecule has 0 radical (unpaired) electrons. The zero-order chi connectivity index (χ0) is 24.1. The van der Waals surface area contributed by atoms with Gasteiger partial charge in [0.05, 0.1) is 53.1 Å². The van der Waals surface area contributed by atoms with Crippen LogP contribution in [0.25, 0.3) is 11.0 Å². The number of alkyl halides is 3. The van der Waals surface area contributed by atoms with Gasteiger partial charge in [0.2, 0.25) is 5.82 Å². The first kappa shape index (κ1) is 22.1. The first-order chi connectivity index (χ1) is 16.2. The maximum atomic E-state index is 12.9. The minimum Gasteiger partial charge on any atom is -0.441 e. The minimum absolute atomic E-state index is 0.0712. The van der Waals surface area contributed by atoms with Crippen LogP contribution in [0.1, 0.15) is 42.8 Å². The second-order valence-corrected chi connectivity index (χ2v) is 8.97. The average Bonchev–Trinajstić information content (AvgIpc) is 3.33. The van der Waals surface area contributed by atoms with Gasteiger partial charge in [0.1, 0.15) is 5.60 Å². The number of nitrogens with zero attached hydrogens (tertiary/aromatic N) is 6. The summed E-state index contributed by atoms with van der Waals surface area (Å²) in [7, 11) is 0. The molecule has 0 bridgehead atoms. The zero-order valence-corrected chi connectivity index (χ0v) is 18.3. The van der Waals surface area contributed by atoms with E-state index in [0.717, 1.165) is 30.1 Å². The Labute approximate surface area is 193 Å². The summed E-state index contributed by atoms with van der Waals surface area (Å²) in [5.41, 5.74) is 1.82. The van der Waals surface area contributed by atoms with Gasteiger partial charge in [-0.1, -0.05) is 0 Å². The fraction of sp³-hybridized carbons (Fsp3) is 0.435. The number of imidazole rings is 1. The fourth-order valence-electron chi connectivity index (χ4n) is 5.06. The quantitative estimate of drug-likeness (QED) is 0.555. The third kappa shape index (κ3) is 3.93. The fourth-order valence-corrected chi connectivity index (χ4v) is 5.06. The summed E-state index contributed by atoms with van der Waals surface area (Å²) in [5, 5.41) is 9.21. The average molecular weight is 470 g/mol. The number of hydrogen-bond donors (Lipinski definition) is 0. The van der Waals surface area contributed by atoms with E-state index in [0.29, 0.717) is 24.9 Å². The van der Waals surface area contributed by atoms with E-state index in [9.17, 15) is 23.2 Å². The highest BCUT2D eigenvalue weighted by atomic mass is 19.4. The summed E-state index contributed by atoms with van der Waals surface area (Å²) < 4.78 is 46.6. The Bertz CT molecular complexity index is 1310. The molecule has 1 amide bonds. The second-order valence-electron chi connectivity index (χ2n) is 8.97. The molecule has 8 nitrogen and oxygen atoms in total. The number of amides is 1. The Hall–Kier alpha value is -3.68. The minimum atomic E-state index is -4.65. The third-order valence-corrected chi connectivity index (χ3v) is 6.58. The van der Waals surface area contributed by atoms with Crippen LogP contribution in [0.5, 0.6) is 0 Å². The number of anilines is 1. The molecule has 2 aromatic heterocycles. The van der Waals surface area contributed by atoms with Gasteiger partial charge in [-0.2, -0.15) is 18.4 Å². The molecule has 2 aliphatic rings. The largest absolute Gasteiger partial charge is 0.451 e. The first-order valence-corrected chi connectivity index (χ1v) is 10.9. The number of halogens is 3. The maximum Gasteiger partial charge on any atom is 0.451 e. The summed E-state index contributed by atoms with van der Waals surface area (Å²) >= 11 is 0. The van der Waals surface area contributed by atoms with Crippen molar-refractivity contribution in [3.63, 3.8) is 0 Å². The molecular weight excluding hydrogens is 449 g/mol. The molecule has 1 saturated carbocycles. The molecule has 34 heavy (non-hydrogen) atoms. The van der Waals surface area contributed by atoms with Crippen molar-refractivity contribution >= 4 is 22.8 Å². The summed E-state index contributed by atoms with van der Waals surface area (Å²) in [6.45, 7) is 2.32. The van der Waals surface area contributed by atoms with Crippen LogP contribution in [-0.2, 0) is 17.5 Å². The number of carbonyl (C=O) groups is 1. The predicted molar refractivity (Wildman–Crippen MR) is 115 cm³/mol. The Kier molecular flexibility index (Phi) is 5.19. The lowest BCUT2D eigenvalue weighted by molar-refractivity contribution is -0.145. The van der Waals surface area contributed by atoms with Crippen LogP contribution >= 0.6 is 0 Å². The van der Waals surface area contributed by atoms with Crippen molar-refractivity contribution in [3.8, 4) is 6.07 Å². The van der Waals surface area contributed by atoms with Crippen molar-refractivity contribution in [3.05, 3.63) is 47.8 Å². The van der Waals surface area contributed by atoms with Crippen molar-refractivity contribution in [1.82, 2.24) is 19.5 Å². The molecule has 1 saturated heterocycles. The lowest BCUT2D eigenvalue weighted by Gasteiger charge is -2.36. The Morgan fingerprint density at radius 3 is 2.88 bits per heavy atom. The topological polar surface area (TPSA) is 96.9 Å². The highest BCUT2D eigenvalue weighted by Crippen LogP contribution is 2.42. The first-order valence-electron chi connectivity index (χ1n) is 10.9. The van der Waals surface area contributed by atoms with Crippen molar-refractivity contribution in [2.75, 3.05) is 11.4 Å². The van der Waals surface area contributed by atoms with Crippen molar-refractivity contribution in [2.45, 2.75) is 50.9 Å². The molecule has 1 aliphatic carbocycles. The summed E-state index contributed by atoms with van der Waals surface area (Å²) in [6.07, 6.45) is 0.628. The third-order valence-electron chi connectivity index (χ3n) is 6.58. The molecule has 2 atom stereocenters. The standard InChI is InChI=1S/C23H21F3N6O2/c1-14-19(10-28-20(30-14)23(24,25)26)32-12-22(34-21(32)33)6-2-3-16(8-22)11-31-13-29-17-5-4-15(9-27)7-18(17)31/h4-5,7,10,13,16H,2-3,6,8,11-12H2,1H3/t16-,22-/m0/s1. The van der Waals surface area contributed by atoms with Gasteiger partial charge in [0.15, 0.2) is 0 Å². The van der Waals surface area contributed by atoms with Crippen molar-refractivity contribution < 1.29 is 22.7 Å². The molecule has 11 heteroatoms. The van der Waals surface area contributed by atoms with Crippen molar-refractivity contribution in [2.24, 2.45) is 5.92 Å². The molecule has 0 unspecified atom stereocenters. The molecule has 5 rings (SSSR count). The van der Waals surface area contributed by atoms with Crippen LogP contribution in [0.15, 0.2) is 30.7 Å². The number of nitriles is 1. The van der Waals surface area contributed by atoms with E-state index in [2.05, 4.69) is 21.0 Å². The maximum absolute atomic E-state index is 12.9. The molecular formula is C23H21F3N6O2. The van der Waals surface area contributed by atoms with Gasteiger partial charge in [0, 0.05) is 6.54 Å². The van der Waals surface area contributed by atoms with E-state index < -0.39 is 23.7 Å². The van der Waals surface area contributed by atoms with Gasteiger partial charge in [-0.05, 0) is 56.7 Å². The van der Waals surface area contributed by atoms with E-state index in [1.165, 1.54) is 11.8 Å². The lowest BCUT2D eigenvalue weighted by Crippen LogP contribution is -2.40. The summed E-state index contributed by atoms with van der Waals surface area (Å²) in [5.74, 6) is -1.03. The smallest absolute Gasteiger partial charge is 0.441 e. The molecule has 2 fully saturated rings. The zero-order valence-electron chi connectivity index (χ0n) is 18.3. The lowest BCUT2D eigenvalue weighted by atomic mass is 9.78. The van der Waals surface area contributed by atoms with Crippen LogP contribution < -0.4 is 4.90 Å². The molecule has 1 spiro atoms. The molecule has 3 heterocycles. The Morgan fingerprint density at radius 2 is 2.15 bits per heavy atom. The number of ether oxygens (including phenoxy) is 1. The van der Waals surface area contributed by atoms with E-state index in [1.807, 2.05) is 16.7 Å². The number of aryl methyl sites for hydroxylation is 1. The van der Waals surface area contributed by atoms with E-state index in [4.69, 9.17) is 4.74 Å². The monoisotopic (exact) mass is 470 g/mol.